The van der Waals surface area contributed by atoms with Gasteiger partial charge in [-0.3, -0.25) is 0 Å². The Kier molecular flexibility index (Phi) is 6.28. The Hall–Kier alpha value is -0.770. The summed E-state index contributed by atoms with van der Waals surface area (Å²) in [5.74, 6) is 0. The average Bonchev–Trinajstić information content (AvgIpc) is 2.03. The summed E-state index contributed by atoms with van der Waals surface area (Å²) in [6, 6.07) is 0. The average molecular weight is 202 g/mol. The maximum Gasteiger partial charge on any atom is 0.405 e. The zero-order valence-corrected chi connectivity index (χ0v) is 9.43. The topological polar surface area (TPSA) is 64.3 Å². The van der Waals surface area contributed by atoms with Gasteiger partial charge in [0.1, 0.15) is 5.60 Å². The van der Waals surface area contributed by atoms with Gasteiger partial charge in [0.25, 0.3) is 0 Å². The van der Waals surface area contributed by atoms with E-state index in [-0.39, 0.29) is 0 Å². The fourth-order valence-electron chi connectivity index (χ4n) is 1.10. The molecule has 0 atom stereocenters. The van der Waals surface area contributed by atoms with Crippen LogP contribution in [0.4, 0.5) is 4.79 Å². The van der Waals surface area contributed by atoms with Crippen LogP contribution < -0.4 is 11.1 Å². The first-order valence-corrected chi connectivity index (χ1v) is 5.11. The molecule has 4 heteroatoms. The Balaban J connectivity index is 0.000000249. The van der Waals surface area contributed by atoms with Crippen LogP contribution in [0.3, 0.4) is 0 Å². The summed E-state index contributed by atoms with van der Waals surface area (Å²) in [7, 11) is 0. The highest BCUT2D eigenvalue weighted by atomic mass is 16.6. The molecule has 1 heterocycles. The molecule has 14 heavy (non-hydrogen) atoms. The lowest BCUT2D eigenvalue weighted by Gasteiger charge is -2.16. The summed E-state index contributed by atoms with van der Waals surface area (Å²) in [6.07, 6.45) is 3.49. The van der Waals surface area contributed by atoms with Gasteiger partial charge in [-0.2, -0.15) is 0 Å². The number of hydrogen-bond acceptors (Lipinski definition) is 3. The molecule has 1 aliphatic rings. The molecule has 1 rings (SSSR count). The number of ether oxygens (including phenoxy) is 1. The van der Waals surface area contributed by atoms with Gasteiger partial charge < -0.3 is 15.8 Å². The maximum absolute atomic E-state index is 10.0. The fourth-order valence-corrected chi connectivity index (χ4v) is 1.10. The van der Waals surface area contributed by atoms with E-state index in [1.165, 1.54) is 32.4 Å². The van der Waals surface area contributed by atoms with Gasteiger partial charge >= 0.3 is 6.09 Å². The number of amides is 1. The van der Waals surface area contributed by atoms with Crippen LogP contribution in [0, 0.1) is 0 Å². The SMILES string of the molecule is C1CCNCC1.CC(C)(C)OC(N)=O. The van der Waals surface area contributed by atoms with Crippen molar-refractivity contribution in [2.24, 2.45) is 5.73 Å². The first-order chi connectivity index (χ1) is 6.42. The van der Waals surface area contributed by atoms with Crippen molar-refractivity contribution in [3.8, 4) is 0 Å². The van der Waals surface area contributed by atoms with Crippen molar-refractivity contribution in [2.75, 3.05) is 13.1 Å². The van der Waals surface area contributed by atoms with Gasteiger partial charge in [-0.1, -0.05) is 6.42 Å². The highest BCUT2D eigenvalue weighted by molar-refractivity contribution is 5.65. The van der Waals surface area contributed by atoms with Crippen LogP contribution in [-0.2, 0) is 4.74 Å². The van der Waals surface area contributed by atoms with Gasteiger partial charge in [-0.15, -0.1) is 0 Å². The number of nitrogens with one attached hydrogen (secondary N) is 1. The molecule has 0 aromatic heterocycles. The highest BCUT2D eigenvalue weighted by Crippen LogP contribution is 2.04. The lowest BCUT2D eigenvalue weighted by molar-refractivity contribution is 0.0600. The van der Waals surface area contributed by atoms with Crippen LogP contribution >= 0.6 is 0 Å². The van der Waals surface area contributed by atoms with E-state index in [0.717, 1.165) is 0 Å². The Morgan fingerprint density at radius 2 is 1.71 bits per heavy atom. The normalized spacial score (nSPS) is 16.5. The molecule has 0 bridgehead atoms. The van der Waals surface area contributed by atoms with Crippen molar-refractivity contribution in [1.82, 2.24) is 5.32 Å². The molecular weight excluding hydrogens is 180 g/mol. The van der Waals surface area contributed by atoms with Gasteiger partial charge in [0, 0.05) is 0 Å². The molecule has 0 aliphatic carbocycles. The number of rotatable bonds is 0. The van der Waals surface area contributed by atoms with Crippen molar-refractivity contribution in [2.45, 2.75) is 45.6 Å². The molecule has 0 unspecified atom stereocenters. The van der Waals surface area contributed by atoms with Gasteiger partial charge in [0.2, 0.25) is 0 Å². The molecule has 0 radical (unpaired) electrons. The van der Waals surface area contributed by atoms with E-state index in [4.69, 9.17) is 5.73 Å². The van der Waals surface area contributed by atoms with Gasteiger partial charge in [-0.25, -0.2) is 4.79 Å². The number of carbonyl (C=O) groups is 1. The van der Waals surface area contributed by atoms with Crippen molar-refractivity contribution >= 4 is 6.09 Å². The molecule has 0 aromatic carbocycles. The summed E-state index contributed by atoms with van der Waals surface area (Å²) in [6.45, 7) is 7.78. The molecule has 0 spiro atoms. The van der Waals surface area contributed by atoms with E-state index in [2.05, 4.69) is 10.1 Å². The zero-order chi connectivity index (χ0) is 11.0. The van der Waals surface area contributed by atoms with Gasteiger partial charge in [-0.05, 0) is 46.7 Å². The Morgan fingerprint density at radius 1 is 1.21 bits per heavy atom. The Bertz CT molecular complexity index is 148. The van der Waals surface area contributed by atoms with Crippen LogP contribution in [0.5, 0.6) is 0 Å². The minimum atomic E-state index is -0.725. The quantitative estimate of drug-likeness (QED) is 0.627. The van der Waals surface area contributed by atoms with E-state index in [1.54, 1.807) is 20.8 Å². The van der Waals surface area contributed by atoms with E-state index in [1.807, 2.05) is 0 Å². The summed E-state index contributed by atoms with van der Waals surface area (Å²) in [5, 5.41) is 3.28. The third-order valence-corrected chi connectivity index (χ3v) is 1.61. The summed E-state index contributed by atoms with van der Waals surface area (Å²) < 4.78 is 4.58. The smallest absolute Gasteiger partial charge is 0.405 e. The van der Waals surface area contributed by atoms with Crippen molar-refractivity contribution in [3.63, 3.8) is 0 Å². The number of hydrogen-bond donors (Lipinski definition) is 2. The van der Waals surface area contributed by atoms with Crippen LogP contribution in [-0.4, -0.2) is 24.8 Å². The van der Waals surface area contributed by atoms with Crippen LogP contribution in [0.25, 0.3) is 0 Å². The Labute approximate surface area is 86.2 Å². The third kappa shape index (κ3) is 11.2. The minimum Gasteiger partial charge on any atom is -0.444 e. The molecule has 4 nitrogen and oxygen atoms in total. The summed E-state index contributed by atoms with van der Waals surface area (Å²) >= 11 is 0. The lowest BCUT2D eigenvalue weighted by atomic mass is 10.2. The molecule has 1 saturated heterocycles. The Morgan fingerprint density at radius 3 is 1.79 bits per heavy atom. The largest absolute Gasteiger partial charge is 0.444 e. The molecule has 1 amide bonds. The molecular formula is C10H22N2O2. The monoisotopic (exact) mass is 202 g/mol. The van der Waals surface area contributed by atoms with Gasteiger partial charge in [0.05, 0.1) is 0 Å². The van der Waals surface area contributed by atoms with E-state index in [9.17, 15) is 4.79 Å². The molecule has 3 N–H and O–H groups in total. The molecule has 0 saturated carbocycles. The molecule has 1 aliphatic heterocycles. The summed E-state index contributed by atoms with van der Waals surface area (Å²) in [5.41, 5.74) is 4.26. The van der Waals surface area contributed by atoms with E-state index >= 15 is 0 Å². The molecule has 0 aromatic rings. The molecule has 1 fully saturated rings. The second-order valence-electron chi connectivity index (χ2n) is 4.34. The number of nitrogens with two attached hydrogens (primary N) is 1. The zero-order valence-electron chi connectivity index (χ0n) is 9.43. The first kappa shape index (κ1) is 13.2. The fraction of sp³-hybridized carbons (Fsp3) is 0.900. The second kappa shape index (κ2) is 6.65. The highest BCUT2D eigenvalue weighted by Gasteiger charge is 2.12. The molecule has 84 valence electrons. The predicted molar refractivity (Wildman–Crippen MR) is 57.1 cm³/mol. The second-order valence-corrected chi connectivity index (χ2v) is 4.34. The van der Waals surface area contributed by atoms with Crippen LogP contribution in [0.2, 0.25) is 0 Å². The summed E-state index contributed by atoms with van der Waals surface area (Å²) in [4.78, 5) is 10.0. The minimum absolute atomic E-state index is 0.453. The first-order valence-electron chi connectivity index (χ1n) is 5.11. The van der Waals surface area contributed by atoms with Gasteiger partial charge in [0.15, 0.2) is 0 Å². The van der Waals surface area contributed by atoms with Crippen molar-refractivity contribution in [3.05, 3.63) is 0 Å². The number of primary amides is 1. The standard InChI is InChI=1S/C5H11NO2.C5H11N/c1-5(2,3)8-4(6)7;1-2-4-6-5-3-1/h1-3H3,(H2,6,7);6H,1-5H2. The maximum atomic E-state index is 10.0. The van der Waals surface area contributed by atoms with Crippen LogP contribution in [0.1, 0.15) is 40.0 Å². The van der Waals surface area contributed by atoms with Crippen molar-refractivity contribution in [1.29, 1.82) is 0 Å². The van der Waals surface area contributed by atoms with E-state index in [0.29, 0.717) is 0 Å². The number of carbonyl (C=O) groups excluding carboxylic acids is 1. The van der Waals surface area contributed by atoms with E-state index < -0.39 is 11.7 Å². The van der Waals surface area contributed by atoms with Crippen LogP contribution in [0.15, 0.2) is 0 Å². The predicted octanol–water partition coefficient (Wildman–Crippen LogP) is 1.64. The lowest BCUT2D eigenvalue weighted by Crippen LogP contribution is -2.27. The van der Waals surface area contributed by atoms with Crippen molar-refractivity contribution < 1.29 is 9.53 Å². The third-order valence-electron chi connectivity index (χ3n) is 1.61. The number of piperidine rings is 1.